The van der Waals surface area contributed by atoms with E-state index in [1.165, 1.54) is 19.0 Å². The molecule has 0 spiro atoms. The van der Waals surface area contributed by atoms with Crippen LogP contribution in [0, 0.1) is 5.82 Å². The maximum Gasteiger partial charge on any atom is 0.141 e. The van der Waals surface area contributed by atoms with Gasteiger partial charge in [-0.1, -0.05) is 20.3 Å². The SMILES string of the molecule is CCCCN(c1ncc(F)cc1CNC1CC1)C(C)CC. The van der Waals surface area contributed by atoms with Crippen molar-refractivity contribution in [3.8, 4) is 0 Å². The van der Waals surface area contributed by atoms with Crippen LogP contribution in [0.15, 0.2) is 12.3 Å². The Kier molecular flexibility index (Phi) is 5.97. The number of hydrogen-bond donors (Lipinski definition) is 1. The lowest BCUT2D eigenvalue weighted by Gasteiger charge is -2.31. The monoisotopic (exact) mass is 293 g/mol. The zero-order valence-electron chi connectivity index (χ0n) is 13.5. The molecule has 1 atom stereocenters. The molecule has 118 valence electrons. The zero-order chi connectivity index (χ0) is 15.2. The first-order valence-corrected chi connectivity index (χ1v) is 8.30. The van der Waals surface area contributed by atoms with Gasteiger partial charge in [0.2, 0.25) is 0 Å². The molecule has 1 aliphatic rings. The average molecular weight is 293 g/mol. The maximum atomic E-state index is 13.6. The summed E-state index contributed by atoms with van der Waals surface area (Å²) in [5, 5.41) is 3.48. The van der Waals surface area contributed by atoms with Crippen LogP contribution in [-0.2, 0) is 6.54 Å². The van der Waals surface area contributed by atoms with E-state index >= 15 is 0 Å². The lowest BCUT2D eigenvalue weighted by atomic mass is 10.1. The molecule has 1 unspecified atom stereocenters. The van der Waals surface area contributed by atoms with Crippen molar-refractivity contribution in [1.29, 1.82) is 0 Å². The molecule has 0 bridgehead atoms. The summed E-state index contributed by atoms with van der Waals surface area (Å²) in [6.45, 7) is 8.31. The summed E-state index contributed by atoms with van der Waals surface area (Å²) >= 11 is 0. The number of halogens is 1. The third-order valence-corrected chi connectivity index (χ3v) is 4.22. The Balaban J connectivity index is 2.19. The van der Waals surface area contributed by atoms with Crippen molar-refractivity contribution in [1.82, 2.24) is 10.3 Å². The molecule has 0 amide bonds. The number of aromatic nitrogens is 1. The maximum absolute atomic E-state index is 13.6. The molecule has 2 rings (SSSR count). The van der Waals surface area contributed by atoms with Crippen molar-refractivity contribution >= 4 is 5.82 Å². The van der Waals surface area contributed by atoms with Gasteiger partial charge in [-0.25, -0.2) is 9.37 Å². The molecule has 1 heterocycles. The third kappa shape index (κ3) is 4.67. The van der Waals surface area contributed by atoms with E-state index in [0.717, 1.165) is 37.2 Å². The highest BCUT2D eigenvalue weighted by atomic mass is 19.1. The highest BCUT2D eigenvalue weighted by Gasteiger charge is 2.22. The van der Waals surface area contributed by atoms with Gasteiger partial charge in [-0.15, -0.1) is 0 Å². The van der Waals surface area contributed by atoms with Gasteiger partial charge >= 0.3 is 0 Å². The molecular formula is C17H28FN3. The van der Waals surface area contributed by atoms with E-state index in [-0.39, 0.29) is 5.82 Å². The molecule has 21 heavy (non-hydrogen) atoms. The van der Waals surface area contributed by atoms with Gasteiger partial charge in [-0.05, 0) is 38.7 Å². The third-order valence-electron chi connectivity index (χ3n) is 4.22. The minimum Gasteiger partial charge on any atom is -0.354 e. The number of rotatable bonds is 9. The number of unbranched alkanes of at least 4 members (excludes halogenated alkanes) is 1. The van der Waals surface area contributed by atoms with E-state index in [9.17, 15) is 4.39 Å². The Labute approximate surface area is 127 Å². The van der Waals surface area contributed by atoms with Gasteiger partial charge in [0.1, 0.15) is 11.6 Å². The molecule has 1 aliphatic carbocycles. The normalized spacial score (nSPS) is 16.0. The van der Waals surface area contributed by atoms with Crippen molar-refractivity contribution < 1.29 is 4.39 Å². The van der Waals surface area contributed by atoms with Gasteiger partial charge in [-0.2, -0.15) is 0 Å². The Morgan fingerprint density at radius 1 is 1.43 bits per heavy atom. The zero-order valence-corrected chi connectivity index (χ0v) is 13.5. The van der Waals surface area contributed by atoms with Crippen molar-refractivity contribution in [2.45, 2.75) is 71.5 Å². The van der Waals surface area contributed by atoms with Gasteiger partial charge in [0.05, 0.1) is 6.20 Å². The highest BCUT2D eigenvalue weighted by molar-refractivity contribution is 5.48. The summed E-state index contributed by atoms with van der Waals surface area (Å²) in [7, 11) is 0. The van der Waals surface area contributed by atoms with E-state index in [1.54, 1.807) is 6.07 Å². The molecule has 0 aromatic carbocycles. The molecule has 4 heteroatoms. The van der Waals surface area contributed by atoms with Crippen LogP contribution in [0.25, 0.3) is 0 Å². The predicted octanol–water partition coefficient (Wildman–Crippen LogP) is 3.88. The van der Waals surface area contributed by atoms with E-state index in [2.05, 4.69) is 36.0 Å². The summed E-state index contributed by atoms with van der Waals surface area (Å²) in [4.78, 5) is 6.75. The Morgan fingerprint density at radius 2 is 2.19 bits per heavy atom. The first-order valence-electron chi connectivity index (χ1n) is 8.30. The Bertz CT molecular complexity index is 446. The second-order valence-electron chi connectivity index (χ2n) is 6.10. The van der Waals surface area contributed by atoms with Crippen molar-refractivity contribution in [3.05, 3.63) is 23.6 Å². The minimum absolute atomic E-state index is 0.245. The van der Waals surface area contributed by atoms with Crippen LogP contribution < -0.4 is 10.2 Å². The fourth-order valence-corrected chi connectivity index (χ4v) is 2.49. The number of hydrogen-bond acceptors (Lipinski definition) is 3. The average Bonchev–Trinajstić information content (AvgIpc) is 3.30. The standard InChI is InChI=1S/C17H28FN3/c1-4-6-9-21(13(3)5-2)17-14(10-15(18)12-20-17)11-19-16-7-8-16/h10,12-13,16,19H,4-9,11H2,1-3H3. The van der Waals surface area contributed by atoms with Gasteiger partial charge in [0, 0.05) is 30.7 Å². The fraction of sp³-hybridized carbons (Fsp3) is 0.706. The molecular weight excluding hydrogens is 265 g/mol. The quantitative estimate of drug-likeness (QED) is 0.749. The highest BCUT2D eigenvalue weighted by Crippen LogP contribution is 2.25. The fourth-order valence-electron chi connectivity index (χ4n) is 2.49. The van der Waals surface area contributed by atoms with Crippen LogP contribution in [0.4, 0.5) is 10.2 Å². The van der Waals surface area contributed by atoms with E-state index in [4.69, 9.17) is 0 Å². The summed E-state index contributed by atoms with van der Waals surface area (Å²) < 4.78 is 13.6. The summed E-state index contributed by atoms with van der Waals surface area (Å²) in [5.41, 5.74) is 0.985. The minimum atomic E-state index is -0.245. The molecule has 1 aromatic rings. The topological polar surface area (TPSA) is 28.2 Å². The summed E-state index contributed by atoms with van der Waals surface area (Å²) in [6.07, 6.45) is 7.18. The summed E-state index contributed by atoms with van der Waals surface area (Å²) in [6, 6.07) is 2.68. The Morgan fingerprint density at radius 3 is 2.81 bits per heavy atom. The van der Waals surface area contributed by atoms with Crippen molar-refractivity contribution in [3.63, 3.8) is 0 Å². The second kappa shape index (κ2) is 7.74. The lowest BCUT2D eigenvalue weighted by molar-refractivity contribution is 0.574. The number of anilines is 1. The molecule has 1 N–H and O–H groups in total. The number of nitrogens with zero attached hydrogens (tertiary/aromatic N) is 2. The first kappa shape index (κ1) is 16.2. The van der Waals surface area contributed by atoms with Crippen LogP contribution in [0.1, 0.15) is 58.4 Å². The van der Waals surface area contributed by atoms with Crippen LogP contribution in [0.2, 0.25) is 0 Å². The van der Waals surface area contributed by atoms with Gasteiger partial charge in [0.25, 0.3) is 0 Å². The molecule has 1 aromatic heterocycles. The van der Waals surface area contributed by atoms with E-state index in [1.807, 2.05) is 0 Å². The first-order chi connectivity index (χ1) is 10.2. The smallest absolute Gasteiger partial charge is 0.141 e. The molecule has 0 saturated heterocycles. The van der Waals surface area contributed by atoms with E-state index < -0.39 is 0 Å². The molecule has 1 fully saturated rings. The van der Waals surface area contributed by atoms with Gasteiger partial charge in [0.15, 0.2) is 0 Å². The van der Waals surface area contributed by atoms with Gasteiger partial charge < -0.3 is 10.2 Å². The number of nitrogens with one attached hydrogen (secondary N) is 1. The van der Waals surface area contributed by atoms with Crippen LogP contribution in [-0.4, -0.2) is 23.6 Å². The van der Waals surface area contributed by atoms with E-state index in [0.29, 0.717) is 18.6 Å². The van der Waals surface area contributed by atoms with Crippen LogP contribution in [0.3, 0.4) is 0 Å². The molecule has 0 radical (unpaired) electrons. The second-order valence-corrected chi connectivity index (χ2v) is 6.10. The Hall–Kier alpha value is -1.16. The largest absolute Gasteiger partial charge is 0.354 e. The predicted molar refractivity (Wildman–Crippen MR) is 86.1 cm³/mol. The number of pyridine rings is 1. The van der Waals surface area contributed by atoms with Crippen LogP contribution in [0.5, 0.6) is 0 Å². The lowest BCUT2D eigenvalue weighted by Crippen LogP contribution is -2.35. The molecule has 3 nitrogen and oxygen atoms in total. The molecule has 0 aliphatic heterocycles. The van der Waals surface area contributed by atoms with Crippen LogP contribution >= 0.6 is 0 Å². The summed E-state index contributed by atoms with van der Waals surface area (Å²) in [5.74, 6) is 0.707. The van der Waals surface area contributed by atoms with Crippen molar-refractivity contribution in [2.75, 3.05) is 11.4 Å². The van der Waals surface area contributed by atoms with Gasteiger partial charge in [-0.3, -0.25) is 0 Å². The molecule has 1 saturated carbocycles. The van der Waals surface area contributed by atoms with Crippen molar-refractivity contribution in [2.24, 2.45) is 0 Å².